The average Bonchev–Trinajstić information content (AvgIpc) is 1.98. The predicted octanol–water partition coefficient (Wildman–Crippen LogP) is 2.12. The zero-order valence-corrected chi connectivity index (χ0v) is 6.98. The molecule has 0 aliphatic carbocycles. The van der Waals surface area contributed by atoms with E-state index in [-0.39, 0.29) is 0 Å². The Hall–Kier alpha value is -0.560. The first-order valence-corrected chi connectivity index (χ1v) is 3.81. The van der Waals surface area contributed by atoms with Crippen molar-refractivity contribution in [2.75, 3.05) is 13.1 Å². The quantitative estimate of drug-likeness (QED) is 0.454. The Labute approximate surface area is 63.8 Å². The highest BCUT2D eigenvalue weighted by molar-refractivity contribution is 5.12. The third-order valence-corrected chi connectivity index (χ3v) is 1.36. The molecule has 0 rings (SSSR count). The molecule has 0 spiro atoms. The normalized spacial score (nSPS) is 11.6. The molecule has 1 nitrogen and oxygen atoms in total. The van der Waals surface area contributed by atoms with Crippen LogP contribution in [0.2, 0.25) is 0 Å². The summed E-state index contributed by atoms with van der Waals surface area (Å²) >= 11 is 0. The SMILES string of the molecule is C=CC(C)=CCCNCC. The average molecular weight is 139 g/mol. The van der Waals surface area contributed by atoms with Gasteiger partial charge in [0.25, 0.3) is 0 Å². The van der Waals surface area contributed by atoms with Gasteiger partial charge >= 0.3 is 0 Å². The molecular formula is C9H17N. The number of rotatable bonds is 5. The zero-order valence-electron chi connectivity index (χ0n) is 6.98. The van der Waals surface area contributed by atoms with Crippen LogP contribution in [0.3, 0.4) is 0 Å². The maximum atomic E-state index is 3.67. The summed E-state index contributed by atoms with van der Waals surface area (Å²) in [5.74, 6) is 0. The Bertz CT molecular complexity index is 114. The van der Waals surface area contributed by atoms with Crippen LogP contribution in [0.1, 0.15) is 20.3 Å². The van der Waals surface area contributed by atoms with Crippen LogP contribution < -0.4 is 5.32 Å². The van der Waals surface area contributed by atoms with Gasteiger partial charge in [-0.25, -0.2) is 0 Å². The van der Waals surface area contributed by atoms with E-state index >= 15 is 0 Å². The van der Waals surface area contributed by atoms with Gasteiger partial charge in [0.05, 0.1) is 0 Å². The largest absolute Gasteiger partial charge is 0.317 e. The van der Waals surface area contributed by atoms with E-state index in [1.54, 1.807) is 0 Å². The molecule has 0 radical (unpaired) electrons. The Kier molecular flexibility index (Phi) is 6.19. The van der Waals surface area contributed by atoms with Crippen molar-refractivity contribution in [1.82, 2.24) is 5.32 Å². The van der Waals surface area contributed by atoms with Crippen molar-refractivity contribution < 1.29 is 0 Å². The molecule has 10 heavy (non-hydrogen) atoms. The van der Waals surface area contributed by atoms with Gasteiger partial charge in [-0.3, -0.25) is 0 Å². The van der Waals surface area contributed by atoms with Crippen LogP contribution in [0.25, 0.3) is 0 Å². The van der Waals surface area contributed by atoms with Gasteiger partial charge in [-0.1, -0.05) is 31.2 Å². The summed E-state index contributed by atoms with van der Waals surface area (Å²) in [5, 5.41) is 3.25. The summed E-state index contributed by atoms with van der Waals surface area (Å²) < 4.78 is 0. The maximum absolute atomic E-state index is 3.67. The highest BCUT2D eigenvalue weighted by atomic mass is 14.8. The van der Waals surface area contributed by atoms with E-state index in [1.807, 2.05) is 6.08 Å². The first-order chi connectivity index (χ1) is 4.81. The third-order valence-electron chi connectivity index (χ3n) is 1.36. The van der Waals surface area contributed by atoms with Crippen molar-refractivity contribution >= 4 is 0 Å². The van der Waals surface area contributed by atoms with Crippen molar-refractivity contribution in [1.29, 1.82) is 0 Å². The fraction of sp³-hybridized carbons (Fsp3) is 0.556. The van der Waals surface area contributed by atoms with Gasteiger partial charge in [0.1, 0.15) is 0 Å². The van der Waals surface area contributed by atoms with Gasteiger partial charge < -0.3 is 5.32 Å². The van der Waals surface area contributed by atoms with Crippen LogP contribution in [-0.2, 0) is 0 Å². The molecule has 0 aliphatic heterocycles. The summed E-state index contributed by atoms with van der Waals surface area (Å²) in [6.45, 7) is 9.98. The first-order valence-electron chi connectivity index (χ1n) is 3.81. The van der Waals surface area contributed by atoms with E-state index in [1.165, 1.54) is 5.57 Å². The molecule has 0 aromatic rings. The number of hydrogen-bond donors (Lipinski definition) is 1. The van der Waals surface area contributed by atoms with E-state index in [4.69, 9.17) is 0 Å². The summed E-state index contributed by atoms with van der Waals surface area (Å²) in [4.78, 5) is 0. The highest BCUT2D eigenvalue weighted by Gasteiger charge is 1.81. The van der Waals surface area contributed by atoms with Crippen LogP contribution in [0.5, 0.6) is 0 Å². The molecule has 0 saturated heterocycles. The summed E-state index contributed by atoms with van der Waals surface area (Å²) in [7, 11) is 0. The minimum absolute atomic E-state index is 1.06. The standard InChI is InChI=1S/C9H17N/c1-4-9(3)7-6-8-10-5-2/h4,7,10H,1,5-6,8H2,2-3H3. The molecule has 0 amide bonds. The Balaban J connectivity index is 3.24. The topological polar surface area (TPSA) is 12.0 Å². The molecule has 0 heterocycles. The third kappa shape index (κ3) is 5.57. The Morgan fingerprint density at radius 3 is 2.80 bits per heavy atom. The van der Waals surface area contributed by atoms with Crippen LogP contribution >= 0.6 is 0 Å². The molecular weight excluding hydrogens is 122 g/mol. The minimum atomic E-state index is 1.06. The van der Waals surface area contributed by atoms with Gasteiger partial charge in [0, 0.05) is 0 Å². The fourth-order valence-electron chi connectivity index (χ4n) is 0.662. The molecule has 0 saturated carbocycles. The lowest BCUT2D eigenvalue weighted by atomic mass is 10.2. The van der Waals surface area contributed by atoms with Crippen LogP contribution in [0, 0.1) is 0 Å². The molecule has 0 unspecified atom stereocenters. The van der Waals surface area contributed by atoms with Crippen molar-refractivity contribution in [3.8, 4) is 0 Å². The molecule has 0 bridgehead atoms. The van der Waals surface area contributed by atoms with Crippen molar-refractivity contribution in [3.05, 3.63) is 24.3 Å². The van der Waals surface area contributed by atoms with Crippen molar-refractivity contribution in [3.63, 3.8) is 0 Å². The van der Waals surface area contributed by atoms with Gasteiger partial charge in [-0.15, -0.1) is 0 Å². The Morgan fingerprint density at radius 1 is 1.60 bits per heavy atom. The second-order valence-electron chi connectivity index (χ2n) is 2.29. The summed E-state index contributed by atoms with van der Waals surface area (Å²) in [5.41, 5.74) is 1.26. The fourth-order valence-corrected chi connectivity index (χ4v) is 0.662. The van der Waals surface area contributed by atoms with Crippen molar-refractivity contribution in [2.24, 2.45) is 0 Å². The zero-order chi connectivity index (χ0) is 7.82. The predicted molar refractivity (Wildman–Crippen MR) is 47.1 cm³/mol. The molecule has 58 valence electrons. The van der Waals surface area contributed by atoms with Crippen LogP contribution in [0.4, 0.5) is 0 Å². The van der Waals surface area contributed by atoms with Gasteiger partial charge in [-0.05, 0) is 26.4 Å². The van der Waals surface area contributed by atoms with Gasteiger partial charge in [-0.2, -0.15) is 0 Å². The molecule has 1 N–H and O–H groups in total. The highest BCUT2D eigenvalue weighted by Crippen LogP contribution is 1.93. The van der Waals surface area contributed by atoms with E-state index in [2.05, 4.69) is 31.8 Å². The van der Waals surface area contributed by atoms with Gasteiger partial charge in [0.15, 0.2) is 0 Å². The minimum Gasteiger partial charge on any atom is -0.317 e. The smallest absolute Gasteiger partial charge is 0.00142 e. The second-order valence-corrected chi connectivity index (χ2v) is 2.29. The lowest BCUT2D eigenvalue weighted by Crippen LogP contribution is -2.12. The summed E-state index contributed by atoms with van der Waals surface area (Å²) in [6, 6.07) is 0. The summed E-state index contributed by atoms with van der Waals surface area (Å²) in [6.07, 6.45) is 5.17. The molecule has 0 aliphatic rings. The number of allylic oxidation sites excluding steroid dienone is 2. The maximum Gasteiger partial charge on any atom is -0.00142 e. The van der Waals surface area contributed by atoms with Crippen LogP contribution in [-0.4, -0.2) is 13.1 Å². The molecule has 0 fully saturated rings. The Morgan fingerprint density at radius 2 is 2.30 bits per heavy atom. The molecule has 0 atom stereocenters. The van der Waals surface area contributed by atoms with Gasteiger partial charge in [0.2, 0.25) is 0 Å². The molecule has 0 aromatic heterocycles. The number of nitrogens with one attached hydrogen (secondary N) is 1. The lowest BCUT2D eigenvalue weighted by molar-refractivity contribution is 0.725. The van der Waals surface area contributed by atoms with Crippen LogP contribution in [0.15, 0.2) is 24.3 Å². The van der Waals surface area contributed by atoms with E-state index in [0.29, 0.717) is 0 Å². The second kappa shape index (κ2) is 6.56. The van der Waals surface area contributed by atoms with Crippen molar-refractivity contribution in [2.45, 2.75) is 20.3 Å². The monoisotopic (exact) mass is 139 g/mol. The van der Waals surface area contributed by atoms with E-state index in [9.17, 15) is 0 Å². The first kappa shape index (κ1) is 9.44. The molecule has 1 heteroatoms. The van der Waals surface area contributed by atoms with E-state index < -0.39 is 0 Å². The lowest BCUT2D eigenvalue weighted by Gasteiger charge is -1.96. The van der Waals surface area contributed by atoms with E-state index in [0.717, 1.165) is 19.5 Å². The molecule has 0 aromatic carbocycles. The number of hydrogen-bond acceptors (Lipinski definition) is 1.